The molecule has 116 valence electrons. The monoisotopic (exact) mass is 334 g/mol. The highest BCUT2D eigenvalue weighted by molar-refractivity contribution is 7.95. The van der Waals surface area contributed by atoms with Crippen LogP contribution in [0.15, 0.2) is 53.4 Å². The van der Waals surface area contributed by atoms with Gasteiger partial charge in [-0.05, 0) is 38.0 Å². The molecule has 1 N–H and O–H groups in total. The van der Waals surface area contributed by atoms with Crippen molar-refractivity contribution in [1.29, 1.82) is 0 Å². The Bertz CT molecular complexity index is 695. The Morgan fingerprint density at radius 1 is 1.14 bits per heavy atom. The molecule has 0 bridgehead atoms. The zero-order valence-corrected chi connectivity index (χ0v) is 14.4. The van der Waals surface area contributed by atoms with Crippen molar-refractivity contribution < 1.29 is 9.29 Å². The van der Waals surface area contributed by atoms with Gasteiger partial charge in [0.15, 0.2) is 0 Å². The Balaban J connectivity index is 2.08. The number of benzene rings is 2. The number of halogens is 1. The summed E-state index contributed by atoms with van der Waals surface area (Å²) in [6, 6.07) is 15.8. The number of alkyl halides is 1. The fourth-order valence-electron chi connectivity index (χ4n) is 2.88. The van der Waals surface area contributed by atoms with E-state index in [2.05, 4.69) is 6.07 Å². The highest BCUT2D eigenvalue weighted by Crippen LogP contribution is 2.54. The van der Waals surface area contributed by atoms with E-state index in [-0.39, 0.29) is 0 Å². The summed E-state index contributed by atoms with van der Waals surface area (Å²) in [4.78, 5) is 1.09. The van der Waals surface area contributed by atoms with Crippen molar-refractivity contribution in [2.24, 2.45) is 0 Å². The van der Waals surface area contributed by atoms with Crippen molar-refractivity contribution in [1.82, 2.24) is 0 Å². The number of hydrogen-bond acceptors (Lipinski definition) is 3. The number of fused-ring (bicyclic) bond motifs is 1. The molecule has 1 aliphatic heterocycles. The van der Waals surface area contributed by atoms with Crippen LogP contribution < -0.4 is 0 Å². The SMILES string of the molecule is CC(C)(O)c1ccccc1C(Cl)C1(C)OSc2ccccc21. The Morgan fingerprint density at radius 2 is 1.77 bits per heavy atom. The molecule has 2 unspecified atom stereocenters. The van der Waals surface area contributed by atoms with E-state index in [0.29, 0.717) is 0 Å². The fourth-order valence-corrected chi connectivity index (χ4v) is 4.23. The number of hydrogen-bond donors (Lipinski definition) is 1. The molecular formula is C18H19ClO2S. The van der Waals surface area contributed by atoms with Gasteiger partial charge in [0.25, 0.3) is 0 Å². The molecule has 0 aliphatic carbocycles. The van der Waals surface area contributed by atoms with Gasteiger partial charge in [-0.25, -0.2) is 0 Å². The van der Waals surface area contributed by atoms with E-state index in [1.807, 2.05) is 49.4 Å². The molecule has 0 spiro atoms. The fraction of sp³-hybridized carbons (Fsp3) is 0.333. The minimum absolute atomic E-state index is 0.397. The zero-order chi connectivity index (χ0) is 16.0. The average Bonchev–Trinajstić information content (AvgIpc) is 2.85. The van der Waals surface area contributed by atoms with Crippen molar-refractivity contribution in [3.8, 4) is 0 Å². The third-order valence-corrected chi connectivity index (χ3v) is 5.72. The molecule has 2 nitrogen and oxygen atoms in total. The molecule has 0 fully saturated rings. The molecule has 0 saturated carbocycles. The summed E-state index contributed by atoms with van der Waals surface area (Å²) < 4.78 is 6.00. The van der Waals surface area contributed by atoms with Crippen LogP contribution >= 0.6 is 23.6 Å². The minimum Gasteiger partial charge on any atom is -0.386 e. The van der Waals surface area contributed by atoms with Crippen LogP contribution in [0.25, 0.3) is 0 Å². The highest BCUT2D eigenvalue weighted by atomic mass is 35.5. The molecule has 22 heavy (non-hydrogen) atoms. The van der Waals surface area contributed by atoms with E-state index in [1.54, 1.807) is 13.8 Å². The van der Waals surface area contributed by atoms with Gasteiger partial charge in [0.05, 0.1) is 11.0 Å². The lowest BCUT2D eigenvalue weighted by atomic mass is 9.83. The molecule has 3 rings (SSSR count). The van der Waals surface area contributed by atoms with Gasteiger partial charge in [-0.15, -0.1) is 11.6 Å². The van der Waals surface area contributed by atoms with Crippen LogP contribution in [0.2, 0.25) is 0 Å². The Kier molecular flexibility index (Phi) is 4.02. The van der Waals surface area contributed by atoms with Crippen molar-refractivity contribution in [2.75, 3.05) is 0 Å². The van der Waals surface area contributed by atoms with Gasteiger partial charge < -0.3 is 5.11 Å². The van der Waals surface area contributed by atoms with Gasteiger partial charge in [0.1, 0.15) is 5.60 Å². The quantitative estimate of drug-likeness (QED) is 0.622. The van der Waals surface area contributed by atoms with Crippen LogP contribution in [0.4, 0.5) is 0 Å². The second-order valence-corrected chi connectivity index (χ2v) is 7.49. The molecular weight excluding hydrogens is 316 g/mol. The molecule has 0 amide bonds. The lowest BCUT2D eigenvalue weighted by Crippen LogP contribution is -2.29. The first-order chi connectivity index (χ1) is 10.3. The van der Waals surface area contributed by atoms with E-state index in [4.69, 9.17) is 15.8 Å². The lowest BCUT2D eigenvalue weighted by molar-refractivity contribution is 0.0742. The van der Waals surface area contributed by atoms with E-state index in [1.165, 1.54) is 12.0 Å². The van der Waals surface area contributed by atoms with Gasteiger partial charge >= 0.3 is 0 Å². The van der Waals surface area contributed by atoms with Gasteiger partial charge in [0, 0.05) is 22.5 Å². The number of rotatable bonds is 3. The van der Waals surface area contributed by atoms with Crippen molar-refractivity contribution in [3.05, 3.63) is 65.2 Å². The molecule has 1 aliphatic rings. The van der Waals surface area contributed by atoms with Gasteiger partial charge in [-0.1, -0.05) is 42.5 Å². The molecule has 0 saturated heterocycles. The Hall–Kier alpha value is -1.00. The van der Waals surface area contributed by atoms with E-state index >= 15 is 0 Å². The van der Waals surface area contributed by atoms with Crippen LogP contribution in [0.3, 0.4) is 0 Å². The first-order valence-electron chi connectivity index (χ1n) is 7.25. The van der Waals surface area contributed by atoms with Gasteiger partial charge in [-0.3, -0.25) is 4.18 Å². The molecule has 4 heteroatoms. The highest BCUT2D eigenvalue weighted by Gasteiger charge is 2.45. The first kappa shape index (κ1) is 15.9. The van der Waals surface area contributed by atoms with Crippen LogP contribution in [0.5, 0.6) is 0 Å². The summed E-state index contributed by atoms with van der Waals surface area (Å²) in [6.45, 7) is 5.55. The van der Waals surface area contributed by atoms with Crippen LogP contribution in [0.1, 0.15) is 42.8 Å². The summed E-state index contributed by atoms with van der Waals surface area (Å²) in [5, 5.41) is 10.0. The smallest absolute Gasteiger partial charge is 0.127 e. The Labute approximate surface area is 140 Å². The largest absolute Gasteiger partial charge is 0.386 e. The summed E-state index contributed by atoms with van der Waals surface area (Å²) in [6.07, 6.45) is 0. The summed E-state index contributed by atoms with van der Waals surface area (Å²) in [5.41, 5.74) is 1.23. The predicted octanol–water partition coefficient (Wildman–Crippen LogP) is 5.15. The second-order valence-electron chi connectivity index (χ2n) is 6.28. The molecule has 2 aromatic carbocycles. The maximum absolute atomic E-state index is 10.4. The first-order valence-corrected chi connectivity index (χ1v) is 8.43. The van der Waals surface area contributed by atoms with Crippen LogP contribution in [-0.4, -0.2) is 5.11 Å². The number of aliphatic hydroxyl groups is 1. The average molecular weight is 335 g/mol. The summed E-state index contributed by atoms with van der Waals surface area (Å²) in [7, 11) is 0. The van der Waals surface area contributed by atoms with E-state index < -0.39 is 16.6 Å². The van der Waals surface area contributed by atoms with Crippen LogP contribution in [0, 0.1) is 0 Å². The van der Waals surface area contributed by atoms with Gasteiger partial charge in [-0.2, -0.15) is 0 Å². The maximum Gasteiger partial charge on any atom is 0.127 e. The lowest BCUT2D eigenvalue weighted by Gasteiger charge is -2.32. The van der Waals surface area contributed by atoms with Gasteiger partial charge in [0.2, 0.25) is 0 Å². The standard InChI is InChI=1S/C18H19ClO2S/c1-17(2,20)13-9-5-4-8-12(13)16(19)18(3)14-10-6-7-11-15(14)22-21-18/h4-11,16,20H,1-3H3. The van der Waals surface area contributed by atoms with Crippen molar-refractivity contribution in [3.63, 3.8) is 0 Å². The van der Waals surface area contributed by atoms with Crippen LogP contribution in [-0.2, 0) is 15.4 Å². The minimum atomic E-state index is -0.953. The summed E-state index contributed by atoms with van der Waals surface area (Å²) in [5.74, 6) is 0. The zero-order valence-electron chi connectivity index (χ0n) is 12.8. The molecule has 0 radical (unpaired) electrons. The molecule has 2 aromatic rings. The van der Waals surface area contributed by atoms with Crippen molar-refractivity contribution in [2.45, 2.75) is 42.2 Å². The topological polar surface area (TPSA) is 29.5 Å². The maximum atomic E-state index is 10.4. The van der Waals surface area contributed by atoms with E-state index in [0.717, 1.165) is 21.6 Å². The molecule has 2 atom stereocenters. The predicted molar refractivity (Wildman–Crippen MR) is 91.0 cm³/mol. The molecule has 0 aromatic heterocycles. The van der Waals surface area contributed by atoms with Crippen molar-refractivity contribution >= 4 is 23.6 Å². The Morgan fingerprint density at radius 3 is 2.50 bits per heavy atom. The molecule has 1 heterocycles. The third kappa shape index (κ3) is 2.56. The normalized spacial score (nSPS) is 22.4. The summed E-state index contributed by atoms with van der Waals surface area (Å²) >= 11 is 8.21. The second kappa shape index (κ2) is 5.57. The van der Waals surface area contributed by atoms with E-state index in [9.17, 15) is 5.11 Å². The third-order valence-electron chi connectivity index (χ3n) is 4.10.